The largest absolute Gasteiger partial charge is 0.321 e. The predicted octanol–water partition coefficient (Wildman–Crippen LogP) is 3.64. The number of rotatable bonds is 3. The second kappa shape index (κ2) is 5.66. The molecule has 2 aromatic rings. The highest BCUT2D eigenvalue weighted by atomic mass is 35.5. The number of halogens is 2. The number of hydrogen-bond donors (Lipinski definition) is 1. The van der Waals surface area contributed by atoms with E-state index in [2.05, 4.69) is 5.32 Å². The molecule has 0 saturated carbocycles. The molecule has 2 rings (SSSR count). The van der Waals surface area contributed by atoms with Gasteiger partial charge in [0, 0.05) is 12.1 Å². The van der Waals surface area contributed by atoms with Crippen molar-refractivity contribution in [2.24, 2.45) is 0 Å². The maximum absolute atomic E-state index is 13.6. The molecule has 0 spiro atoms. The van der Waals surface area contributed by atoms with Gasteiger partial charge in [-0.25, -0.2) is 4.39 Å². The van der Waals surface area contributed by atoms with Crippen LogP contribution in [0.3, 0.4) is 0 Å². The van der Waals surface area contributed by atoms with Crippen molar-refractivity contribution in [3.8, 4) is 0 Å². The van der Waals surface area contributed by atoms with Crippen molar-refractivity contribution in [3.63, 3.8) is 0 Å². The Bertz CT molecular complexity index is 691. The van der Waals surface area contributed by atoms with Gasteiger partial charge in [-0.3, -0.25) is 14.9 Å². The van der Waals surface area contributed by atoms with Crippen LogP contribution in [-0.2, 0) is 0 Å². The highest BCUT2D eigenvalue weighted by molar-refractivity contribution is 6.33. The summed E-state index contributed by atoms with van der Waals surface area (Å²) < 4.78 is 13.6. The molecule has 0 atom stereocenters. The Balaban J connectivity index is 2.32. The van der Waals surface area contributed by atoms with Gasteiger partial charge in [0.1, 0.15) is 5.82 Å². The number of anilines is 1. The summed E-state index contributed by atoms with van der Waals surface area (Å²) in [5.41, 5.74) is -0.486. The molecule has 20 heavy (non-hydrogen) atoms. The number of carbonyl (C=O) groups is 1. The van der Waals surface area contributed by atoms with Crippen LogP contribution in [0.2, 0.25) is 5.02 Å². The summed E-state index contributed by atoms with van der Waals surface area (Å²) in [5.74, 6) is -1.65. The van der Waals surface area contributed by atoms with Crippen molar-refractivity contribution in [1.29, 1.82) is 0 Å². The summed E-state index contributed by atoms with van der Waals surface area (Å²) in [6.45, 7) is 0. The first-order chi connectivity index (χ1) is 9.49. The standard InChI is InChI=1S/C13H8ClFN2O3/c14-10-3-1-2-4-12(10)16-13(18)9-7-8(17(19)20)5-6-11(9)15/h1-7H,(H,16,18). The molecule has 1 N–H and O–H groups in total. The zero-order chi connectivity index (χ0) is 14.7. The highest BCUT2D eigenvalue weighted by Crippen LogP contribution is 2.23. The Morgan fingerprint density at radius 1 is 1.25 bits per heavy atom. The molecule has 7 heteroatoms. The Morgan fingerprint density at radius 3 is 2.60 bits per heavy atom. The topological polar surface area (TPSA) is 72.2 Å². The normalized spacial score (nSPS) is 10.1. The average molecular weight is 295 g/mol. The molecule has 0 aliphatic carbocycles. The van der Waals surface area contributed by atoms with E-state index in [1.807, 2.05) is 0 Å². The van der Waals surface area contributed by atoms with Gasteiger partial charge in [-0.1, -0.05) is 23.7 Å². The van der Waals surface area contributed by atoms with Gasteiger partial charge in [-0.15, -0.1) is 0 Å². The number of amides is 1. The molecular weight excluding hydrogens is 287 g/mol. The molecule has 0 radical (unpaired) electrons. The number of para-hydroxylation sites is 1. The van der Waals surface area contributed by atoms with E-state index in [0.29, 0.717) is 5.69 Å². The third-order valence-corrected chi connectivity index (χ3v) is 2.86. The fraction of sp³-hybridized carbons (Fsp3) is 0. The zero-order valence-corrected chi connectivity index (χ0v) is 10.7. The van der Waals surface area contributed by atoms with Gasteiger partial charge in [0.15, 0.2) is 0 Å². The van der Waals surface area contributed by atoms with Crippen molar-refractivity contribution in [2.75, 3.05) is 5.32 Å². The molecule has 2 aromatic carbocycles. The van der Waals surface area contributed by atoms with E-state index in [4.69, 9.17) is 11.6 Å². The molecule has 5 nitrogen and oxygen atoms in total. The van der Waals surface area contributed by atoms with Crippen molar-refractivity contribution >= 4 is 28.9 Å². The molecular formula is C13H8ClFN2O3. The zero-order valence-electron chi connectivity index (χ0n) is 9.97. The molecule has 0 fully saturated rings. The van der Waals surface area contributed by atoms with Gasteiger partial charge in [0.2, 0.25) is 0 Å². The van der Waals surface area contributed by atoms with Gasteiger partial charge in [0.25, 0.3) is 11.6 Å². The van der Waals surface area contributed by atoms with Crippen LogP contribution in [-0.4, -0.2) is 10.8 Å². The molecule has 0 bridgehead atoms. The summed E-state index contributed by atoms with van der Waals surface area (Å²) >= 11 is 5.86. The monoisotopic (exact) mass is 294 g/mol. The minimum absolute atomic E-state index is 0.284. The first-order valence-electron chi connectivity index (χ1n) is 5.49. The number of nitro groups is 1. The van der Waals surface area contributed by atoms with Crippen molar-refractivity contribution in [2.45, 2.75) is 0 Å². The van der Waals surface area contributed by atoms with E-state index < -0.39 is 22.2 Å². The Morgan fingerprint density at radius 2 is 1.95 bits per heavy atom. The van der Waals surface area contributed by atoms with Crippen LogP contribution in [0.4, 0.5) is 15.8 Å². The van der Waals surface area contributed by atoms with Crippen molar-refractivity contribution < 1.29 is 14.1 Å². The van der Waals surface area contributed by atoms with Crippen LogP contribution in [0.25, 0.3) is 0 Å². The Kier molecular flexibility index (Phi) is 3.95. The van der Waals surface area contributed by atoms with Crippen LogP contribution >= 0.6 is 11.6 Å². The molecule has 0 aliphatic heterocycles. The summed E-state index contributed by atoms with van der Waals surface area (Å²) in [4.78, 5) is 21.9. The average Bonchev–Trinajstić information content (AvgIpc) is 2.41. The second-order valence-corrected chi connectivity index (χ2v) is 4.26. The van der Waals surface area contributed by atoms with E-state index in [1.165, 1.54) is 6.07 Å². The van der Waals surface area contributed by atoms with E-state index in [1.54, 1.807) is 18.2 Å². The fourth-order valence-corrected chi connectivity index (χ4v) is 1.74. The van der Waals surface area contributed by atoms with Crippen LogP contribution in [0.5, 0.6) is 0 Å². The quantitative estimate of drug-likeness (QED) is 0.694. The molecule has 0 saturated heterocycles. The maximum atomic E-state index is 13.6. The van der Waals surface area contributed by atoms with Gasteiger partial charge < -0.3 is 5.32 Å². The predicted molar refractivity (Wildman–Crippen MR) is 72.5 cm³/mol. The molecule has 0 heterocycles. The number of nitrogens with zero attached hydrogens (tertiary/aromatic N) is 1. The number of non-ortho nitro benzene ring substituents is 1. The lowest BCUT2D eigenvalue weighted by atomic mass is 10.1. The Labute approximate surface area is 118 Å². The number of nitro benzene ring substituents is 1. The summed E-state index contributed by atoms with van der Waals surface area (Å²) in [7, 11) is 0. The number of carbonyl (C=O) groups excluding carboxylic acids is 1. The number of benzene rings is 2. The summed E-state index contributed by atoms with van der Waals surface area (Å²) in [6, 6.07) is 9.15. The molecule has 0 aromatic heterocycles. The minimum atomic E-state index is -0.847. The van der Waals surface area contributed by atoms with Gasteiger partial charge in [-0.05, 0) is 18.2 Å². The number of hydrogen-bond acceptors (Lipinski definition) is 3. The SMILES string of the molecule is O=C(Nc1ccccc1Cl)c1cc([N+](=O)[O-])ccc1F. The Hall–Kier alpha value is -2.47. The molecule has 0 unspecified atom stereocenters. The summed E-state index contributed by atoms with van der Waals surface area (Å²) in [6.07, 6.45) is 0. The smallest absolute Gasteiger partial charge is 0.270 e. The van der Waals surface area contributed by atoms with E-state index in [-0.39, 0.29) is 10.7 Å². The summed E-state index contributed by atoms with van der Waals surface area (Å²) in [5, 5.41) is 13.3. The first-order valence-corrected chi connectivity index (χ1v) is 5.86. The van der Waals surface area contributed by atoms with E-state index in [0.717, 1.165) is 18.2 Å². The van der Waals surface area contributed by atoms with Crippen molar-refractivity contribution in [1.82, 2.24) is 0 Å². The lowest BCUT2D eigenvalue weighted by molar-refractivity contribution is -0.384. The minimum Gasteiger partial charge on any atom is -0.321 e. The lowest BCUT2D eigenvalue weighted by Crippen LogP contribution is -2.14. The molecule has 1 amide bonds. The molecule has 0 aliphatic rings. The first kappa shape index (κ1) is 14.0. The second-order valence-electron chi connectivity index (χ2n) is 3.86. The third-order valence-electron chi connectivity index (χ3n) is 2.53. The fourth-order valence-electron chi connectivity index (χ4n) is 1.55. The van der Waals surface area contributed by atoms with Gasteiger partial charge in [-0.2, -0.15) is 0 Å². The lowest BCUT2D eigenvalue weighted by Gasteiger charge is -2.07. The van der Waals surface area contributed by atoms with Gasteiger partial charge >= 0.3 is 0 Å². The van der Waals surface area contributed by atoms with Crippen LogP contribution in [0, 0.1) is 15.9 Å². The molecule has 102 valence electrons. The highest BCUT2D eigenvalue weighted by Gasteiger charge is 2.17. The van der Waals surface area contributed by atoms with E-state index in [9.17, 15) is 19.3 Å². The van der Waals surface area contributed by atoms with Gasteiger partial charge in [0.05, 0.1) is 21.2 Å². The maximum Gasteiger partial charge on any atom is 0.270 e. The van der Waals surface area contributed by atoms with Crippen LogP contribution in [0.15, 0.2) is 42.5 Å². The van der Waals surface area contributed by atoms with Crippen LogP contribution in [0.1, 0.15) is 10.4 Å². The van der Waals surface area contributed by atoms with Crippen LogP contribution < -0.4 is 5.32 Å². The number of nitrogens with one attached hydrogen (secondary N) is 1. The third kappa shape index (κ3) is 2.92. The van der Waals surface area contributed by atoms with E-state index >= 15 is 0 Å². The van der Waals surface area contributed by atoms with Crippen molar-refractivity contribution in [3.05, 3.63) is 69.0 Å².